The van der Waals surface area contributed by atoms with Crippen molar-refractivity contribution < 1.29 is 27.8 Å². The Morgan fingerprint density at radius 3 is 2.18 bits per heavy atom. The smallest absolute Gasteiger partial charge is 0.243 e. The molecule has 0 fully saturated rings. The molecule has 1 amide bonds. The van der Waals surface area contributed by atoms with Crippen LogP contribution in [0.4, 0.5) is 34.4 Å². The molecule has 1 atom stereocenters. The van der Waals surface area contributed by atoms with E-state index in [-0.39, 0.29) is 29.8 Å². The summed E-state index contributed by atoms with van der Waals surface area (Å²) in [6, 6.07) is 25.9. The number of ether oxygens (including phenoxy) is 3. The fourth-order valence-electron chi connectivity index (χ4n) is 4.39. The fourth-order valence-corrected chi connectivity index (χ4v) is 4.95. The second kappa shape index (κ2) is 13.7. The van der Waals surface area contributed by atoms with Crippen molar-refractivity contribution in [2.45, 2.75) is 0 Å². The van der Waals surface area contributed by atoms with Crippen LogP contribution in [0.1, 0.15) is 0 Å². The first kappa shape index (κ1) is 30.1. The molecule has 12 nitrogen and oxygen atoms in total. The number of aromatic nitrogens is 2. The van der Waals surface area contributed by atoms with Gasteiger partial charge in [-0.2, -0.15) is 0 Å². The minimum absolute atomic E-state index is 0.0140. The lowest BCUT2D eigenvalue weighted by Gasteiger charge is -2.27. The van der Waals surface area contributed by atoms with Crippen molar-refractivity contribution in [1.29, 1.82) is 0 Å². The number of anilines is 6. The van der Waals surface area contributed by atoms with Gasteiger partial charge in [-0.05, 0) is 42.5 Å². The quantitative estimate of drug-likeness (QED) is 0.157. The monoisotopic (exact) mass is 613 g/mol. The van der Waals surface area contributed by atoms with Gasteiger partial charge in [0.15, 0.2) is 11.6 Å². The van der Waals surface area contributed by atoms with Gasteiger partial charge < -0.3 is 34.7 Å². The predicted octanol–water partition coefficient (Wildman–Crippen LogP) is 5.38. The first-order chi connectivity index (χ1) is 21.4. The average Bonchev–Trinajstić information content (AvgIpc) is 3.04. The maximum absolute atomic E-state index is 12.8. The highest BCUT2D eigenvalue weighted by Gasteiger charge is 2.21. The van der Waals surface area contributed by atoms with Crippen LogP contribution < -0.4 is 34.5 Å². The van der Waals surface area contributed by atoms with Gasteiger partial charge in [0.2, 0.25) is 5.91 Å². The van der Waals surface area contributed by atoms with Gasteiger partial charge in [0.1, 0.15) is 17.2 Å². The molecule has 13 heteroatoms. The Morgan fingerprint density at radius 2 is 1.50 bits per heavy atom. The molecule has 4 aromatic carbocycles. The van der Waals surface area contributed by atoms with E-state index in [0.29, 0.717) is 45.3 Å². The molecule has 226 valence electrons. The zero-order chi connectivity index (χ0) is 31.1. The van der Waals surface area contributed by atoms with Gasteiger partial charge in [-0.1, -0.05) is 30.3 Å². The zero-order valence-corrected chi connectivity index (χ0v) is 24.9. The van der Waals surface area contributed by atoms with Crippen LogP contribution in [0.25, 0.3) is 11.0 Å². The summed E-state index contributed by atoms with van der Waals surface area (Å²) in [6.45, 7) is -0.0456. The molecule has 0 aliphatic rings. The third-order valence-corrected chi connectivity index (χ3v) is 7.10. The topological polar surface area (TPSA) is 150 Å². The first-order valence-electron chi connectivity index (χ1n) is 13.3. The van der Waals surface area contributed by atoms with E-state index in [1.165, 1.54) is 20.3 Å². The van der Waals surface area contributed by atoms with Gasteiger partial charge in [-0.25, -0.2) is 9.97 Å². The number of rotatable bonds is 12. The Morgan fingerprint density at radius 1 is 0.818 bits per heavy atom. The first-order valence-corrected chi connectivity index (χ1v) is 14.3. The molecular formula is C31H29N6O6S-. The number of carbonyl (C=O) groups is 1. The summed E-state index contributed by atoms with van der Waals surface area (Å²) in [5.74, 6) is 1.48. The van der Waals surface area contributed by atoms with E-state index in [9.17, 15) is 13.6 Å². The van der Waals surface area contributed by atoms with Gasteiger partial charge >= 0.3 is 0 Å². The number of fused-ring (bicyclic) bond motifs is 1. The van der Waals surface area contributed by atoms with E-state index in [0.717, 1.165) is 4.31 Å². The third-order valence-electron chi connectivity index (χ3n) is 6.42. The van der Waals surface area contributed by atoms with Crippen molar-refractivity contribution in [3.8, 4) is 17.2 Å². The number of nitrogens with zero attached hydrogens (tertiary/aromatic N) is 3. The Hall–Kier alpha value is -5.40. The van der Waals surface area contributed by atoms with Gasteiger partial charge in [-0.15, -0.1) is 0 Å². The molecule has 0 spiro atoms. The lowest BCUT2D eigenvalue weighted by molar-refractivity contribution is -0.114. The van der Waals surface area contributed by atoms with Gasteiger partial charge in [0.25, 0.3) is 0 Å². The molecule has 0 radical (unpaired) electrons. The summed E-state index contributed by atoms with van der Waals surface area (Å²) in [6.07, 6.45) is 0. The molecule has 0 saturated heterocycles. The molecule has 3 N–H and O–H groups in total. The second-order valence-electron chi connectivity index (χ2n) is 9.27. The number of nitrogens with one attached hydrogen (secondary N) is 3. The van der Waals surface area contributed by atoms with Crippen molar-refractivity contribution in [3.05, 3.63) is 91.0 Å². The standard InChI is InChI=1S/C31H30N6O6S/c1-41-23-16-21(17-24(18-23)42-2)34-30-31(36-26-12-5-4-11-25(26)35-30)37(44(39)40)22-10-8-9-20(15-22)33-29(38)19-32-27-13-6-7-14-28(27)43-3/h4-18,32H,19H2,1-3H3,(H,33,38)(H,34,35)(H,39,40)/p-1. The van der Waals surface area contributed by atoms with E-state index in [1.54, 1.807) is 73.8 Å². The van der Waals surface area contributed by atoms with Gasteiger partial charge in [0, 0.05) is 29.6 Å². The number of methoxy groups -OCH3 is 3. The van der Waals surface area contributed by atoms with Crippen molar-refractivity contribution >= 4 is 62.6 Å². The number of benzene rings is 4. The van der Waals surface area contributed by atoms with Crippen LogP contribution in [-0.4, -0.2) is 52.5 Å². The summed E-state index contributed by atoms with van der Waals surface area (Å²) < 4.78 is 42.6. The van der Waals surface area contributed by atoms with Crippen molar-refractivity contribution in [2.24, 2.45) is 0 Å². The van der Waals surface area contributed by atoms with Crippen LogP contribution in [0.2, 0.25) is 0 Å². The summed E-state index contributed by atoms with van der Waals surface area (Å²) >= 11 is -2.83. The van der Waals surface area contributed by atoms with Gasteiger partial charge in [-0.3, -0.25) is 13.3 Å². The van der Waals surface area contributed by atoms with Crippen LogP contribution in [0, 0.1) is 0 Å². The summed E-state index contributed by atoms with van der Waals surface area (Å²) in [4.78, 5) is 22.1. The molecule has 1 aromatic heterocycles. The molecule has 0 aliphatic heterocycles. The normalized spacial score (nSPS) is 11.4. The lowest BCUT2D eigenvalue weighted by Crippen LogP contribution is -2.24. The highest BCUT2D eigenvalue weighted by Crippen LogP contribution is 2.36. The minimum atomic E-state index is -2.83. The van der Waals surface area contributed by atoms with Crippen molar-refractivity contribution in [1.82, 2.24) is 9.97 Å². The molecule has 0 saturated carbocycles. The van der Waals surface area contributed by atoms with E-state index in [4.69, 9.17) is 14.2 Å². The summed E-state index contributed by atoms with van der Waals surface area (Å²) in [7, 11) is 4.61. The molecule has 0 aliphatic carbocycles. The second-order valence-corrected chi connectivity index (χ2v) is 10.1. The average molecular weight is 614 g/mol. The zero-order valence-electron chi connectivity index (χ0n) is 24.1. The molecule has 1 heterocycles. The maximum atomic E-state index is 12.8. The van der Waals surface area contributed by atoms with Crippen LogP contribution in [0.15, 0.2) is 91.0 Å². The number of amides is 1. The maximum Gasteiger partial charge on any atom is 0.243 e. The van der Waals surface area contributed by atoms with Crippen LogP contribution >= 0.6 is 0 Å². The lowest BCUT2D eigenvalue weighted by atomic mass is 10.2. The Bertz CT molecular complexity index is 1800. The predicted molar refractivity (Wildman–Crippen MR) is 170 cm³/mol. The van der Waals surface area contributed by atoms with Crippen LogP contribution in [0.5, 0.6) is 17.2 Å². The summed E-state index contributed by atoms with van der Waals surface area (Å²) in [5, 5.41) is 9.01. The largest absolute Gasteiger partial charge is 0.755 e. The van der Waals surface area contributed by atoms with E-state index in [2.05, 4.69) is 25.9 Å². The van der Waals surface area contributed by atoms with Crippen molar-refractivity contribution in [3.63, 3.8) is 0 Å². The van der Waals surface area contributed by atoms with E-state index < -0.39 is 11.3 Å². The molecular weight excluding hydrogens is 584 g/mol. The molecule has 1 unspecified atom stereocenters. The van der Waals surface area contributed by atoms with Crippen LogP contribution in [-0.2, 0) is 16.1 Å². The fraction of sp³-hybridized carbons (Fsp3) is 0.129. The van der Waals surface area contributed by atoms with Crippen molar-refractivity contribution in [2.75, 3.05) is 48.1 Å². The van der Waals surface area contributed by atoms with E-state index in [1.807, 2.05) is 18.2 Å². The van der Waals surface area contributed by atoms with Gasteiger partial charge in [0.05, 0.1) is 61.5 Å². The van der Waals surface area contributed by atoms with E-state index >= 15 is 0 Å². The Labute approximate surface area is 256 Å². The molecule has 0 bridgehead atoms. The molecule has 5 aromatic rings. The third kappa shape index (κ3) is 6.97. The Kier molecular flexibility index (Phi) is 9.37. The number of para-hydroxylation sites is 4. The minimum Gasteiger partial charge on any atom is -0.755 e. The Balaban J connectivity index is 1.47. The highest BCUT2D eigenvalue weighted by atomic mass is 32.2. The number of carbonyl (C=O) groups excluding carboxylic acids is 1. The summed E-state index contributed by atoms with van der Waals surface area (Å²) in [5.41, 5.74) is 2.84. The SMILES string of the molecule is COc1cc(Nc2nc3ccccc3nc2N(c2cccc(NC(=O)CNc3ccccc3OC)c2)S(=O)[O-])cc(OC)c1. The highest BCUT2D eigenvalue weighted by molar-refractivity contribution is 7.81. The number of hydrogen-bond donors (Lipinski definition) is 3. The molecule has 5 rings (SSSR count). The number of hydrogen-bond acceptors (Lipinski definition) is 10. The van der Waals surface area contributed by atoms with Crippen LogP contribution in [0.3, 0.4) is 0 Å². The molecule has 44 heavy (non-hydrogen) atoms.